The van der Waals surface area contributed by atoms with E-state index in [0.717, 1.165) is 25.9 Å². The Morgan fingerprint density at radius 2 is 2.16 bits per heavy atom. The van der Waals surface area contributed by atoms with E-state index in [4.69, 9.17) is 17.0 Å². The maximum Gasteiger partial charge on any atom is 0.414 e. The molecule has 2 heterocycles. The Morgan fingerprint density at radius 1 is 1.40 bits per heavy atom. The largest absolute Gasteiger partial charge is 0.442 e. The van der Waals surface area contributed by atoms with E-state index in [1.807, 2.05) is 6.26 Å². The maximum absolute atomic E-state index is 14.6. The average molecular weight is 384 g/mol. The fraction of sp³-hybridized carbons (Fsp3) is 0.529. The molecule has 2 aliphatic rings. The summed E-state index contributed by atoms with van der Waals surface area (Å²) in [4.78, 5) is 15.6. The number of carbonyl (C=O) groups excluding carboxylic acids is 1. The first-order valence-corrected chi connectivity index (χ1v) is 10.1. The number of thiocarbonyl (C=S) groups is 1. The minimum Gasteiger partial charge on any atom is -0.442 e. The number of piperidine rings is 1. The van der Waals surface area contributed by atoms with E-state index in [-0.39, 0.29) is 11.9 Å². The molecule has 1 aromatic carbocycles. The summed E-state index contributed by atoms with van der Waals surface area (Å²) in [6, 6.07) is 4.97. The highest BCUT2D eigenvalue weighted by atomic mass is 32.2. The van der Waals surface area contributed by atoms with Crippen LogP contribution in [0, 0.1) is 5.82 Å². The Bertz CT molecular complexity index is 653. The number of rotatable bonds is 4. The number of halogens is 1. The number of carbonyl (C=O) groups is 1. The van der Waals surface area contributed by atoms with Gasteiger partial charge in [0.25, 0.3) is 0 Å². The summed E-state index contributed by atoms with van der Waals surface area (Å²) in [5.41, 5.74) is 1.14. The molecule has 0 radical (unpaired) electrons. The van der Waals surface area contributed by atoms with E-state index in [9.17, 15) is 9.18 Å². The van der Waals surface area contributed by atoms with Crippen LogP contribution in [0.4, 0.5) is 20.6 Å². The summed E-state index contributed by atoms with van der Waals surface area (Å²) in [6.45, 7) is 2.60. The molecule has 0 unspecified atom stereocenters. The molecule has 0 bridgehead atoms. The molecule has 0 spiro atoms. The number of cyclic esters (lactones) is 1. The van der Waals surface area contributed by atoms with Crippen molar-refractivity contribution >= 4 is 45.8 Å². The molecular formula is C17H22FN3O2S2. The van der Waals surface area contributed by atoms with Gasteiger partial charge in [-0.05, 0) is 43.7 Å². The van der Waals surface area contributed by atoms with Crippen molar-refractivity contribution in [1.29, 1.82) is 0 Å². The summed E-state index contributed by atoms with van der Waals surface area (Å²) in [6.07, 6.45) is 4.51. The van der Waals surface area contributed by atoms with Crippen LogP contribution in [0.1, 0.15) is 19.3 Å². The molecule has 0 aliphatic carbocycles. The molecule has 2 aliphatic heterocycles. The standard InChI is InChI=1S/C17H22FN3O2S2/c1-25-16(24)19-10-13-11-21(17(22)23-13)12-5-6-15(14(18)9-12)20-7-3-2-4-8-20/h5-6,9,13H,2-4,7-8,10-11H2,1H3,(H,19,24)/t13-/m0/s1. The number of hydrogen-bond acceptors (Lipinski definition) is 5. The number of benzene rings is 1. The lowest BCUT2D eigenvalue weighted by Crippen LogP contribution is -2.32. The summed E-state index contributed by atoms with van der Waals surface area (Å²) < 4.78 is 20.6. The second-order valence-corrected chi connectivity index (χ2v) is 7.66. The van der Waals surface area contributed by atoms with Crippen LogP contribution in [0.15, 0.2) is 18.2 Å². The van der Waals surface area contributed by atoms with Gasteiger partial charge in [-0.1, -0.05) is 12.2 Å². The highest BCUT2D eigenvalue weighted by Gasteiger charge is 2.32. The third-order valence-electron chi connectivity index (χ3n) is 4.47. The highest BCUT2D eigenvalue weighted by molar-refractivity contribution is 8.22. The van der Waals surface area contributed by atoms with E-state index in [1.54, 1.807) is 12.1 Å². The Balaban J connectivity index is 1.66. The zero-order chi connectivity index (χ0) is 17.8. The molecule has 1 aromatic rings. The van der Waals surface area contributed by atoms with Crippen molar-refractivity contribution in [2.45, 2.75) is 25.4 Å². The molecule has 5 nitrogen and oxygen atoms in total. The normalized spacial score (nSPS) is 20.6. The van der Waals surface area contributed by atoms with Gasteiger partial charge >= 0.3 is 6.09 Å². The van der Waals surface area contributed by atoms with Crippen molar-refractivity contribution in [3.05, 3.63) is 24.0 Å². The van der Waals surface area contributed by atoms with E-state index >= 15 is 0 Å². The zero-order valence-corrected chi connectivity index (χ0v) is 15.8. The van der Waals surface area contributed by atoms with Gasteiger partial charge in [-0.25, -0.2) is 9.18 Å². The lowest BCUT2D eigenvalue weighted by atomic mass is 10.1. The van der Waals surface area contributed by atoms with Gasteiger partial charge in [0, 0.05) is 13.1 Å². The predicted octanol–water partition coefficient (Wildman–Crippen LogP) is 3.38. The topological polar surface area (TPSA) is 44.8 Å². The van der Waals surface area contributed by atoms with E-state index in [0.29, 0.717) is 28.8 Å². The Morgan fingerprint density at radius 3 is 2.84 bits per heavy atom. The van der Waals surface area contributed by atoms with Gasteiger partial charge in [0.1, 0.15) is 16.2 Å². The molecule has 2 fully saturated rings. The molecule has 0 aromatic heterocycles. The first-order chi connectivity index (χ1) is 12.1. The molecule has 1 N–H and O–H groups in total. The quantitative estimate of drug-likeness (QED) is 0.805. The zero-order valence-electron chi connectivity index (χ0n) is 14.2. The van der Waals surface area contributed by atoms with Crippen LogP contribution in [0.2, 0.25) is 0 Å². The molecular weight excluding hydrogens is 361 g/mol. The van der Waals surface area contributed by atoms with Crippen LogP contribution in [0.3, 0.4) is 0 Å². The average Bonchev–Trinajstić information content (AvgIpc) is 3.01. The van der Waals surface area contributed by atoms with Crippen molar-refractivity contribution in [3.63, 3.8) is 0 Å². The fourth-order valence-electron chi connectivity index (χ4n) is 3.16. The summed E-state index contributed by atoms with van der Waals surface area (Å²) in [7, 11) is 0. The summed E-state index contributed by atoms with van der Waals surface area (Å²) in [5.74, 6) is -0.294. The Hall–Kier alpha value is -1.54. The monoisotopic (exact) mass is 383 g/mol. The van der Waals surface area contributed by atoms with Gasteiger partial charge in [-0.3, -0.25) is 4.90 Å². The third kappa shape index (κ3) is 4.36. The van der Waals surface area contributed by atoms with Crippen LogP contribution in [0.5, 0.6) is 0 Å². The molecule has 25 heavy (non-hydrogen) atoms. The number of amides is 1. The van der Waals surface area contributed by atoms with Crippen LogP contribution >= 0.6 is 24.0 Å². The van der Waals surface area contributed by atoms with Gasteiger partial charge in [0.05, 0.1) is 24.5 Å². The number of anilines is 2. The molecule has 2 saturated heterocycles. The first kappa shape index (κ1) is 18.3. The minimum absolute atomic E-state index is 0.294. The van der Waals surface area contributed by atoms with Crippen molar-refractivity contribution in [1.82, 2.24) is 5.32 Å². The Kier molecular flexibility index (Phi) is 6.01. The first-order valence-electron chi connectivity index (χ1n) is 8.43. The number of nitrogens with zero attached hydrogens (tertiary/aromatic N) is 2. The van der Waals surface area contributed by atoms with Gasteiger partial charge in [-0.15, -0.1) is 11.8 Å². The molecule has 1 atom stereocenters. The minimum atomic E-state index is -0.452. The van der Waals surface area contributed by atoms with Gasteiger partial charge in [0.2, 0.25) is 0 Å². The molecule has 8 heteroatoms. The van der Waals surface area contributed by atoms with Crippen LogP contribution in [-0.2, 0) is 4.74 Å². The van der Waals surface area contributed by atoms with E-state index in [1.165, 1.54) is 29.1 Å². The van der Waals surface area contributed by atoms with Crippen LogP contribution in [-0.4, -0.2) is 49.0 Å². The third-order valence-corrected chi connectivity index (χ3v) is 5.63. The van der Waals surface area contributed by atoms with Crippen LogP contribution in [0.25, 0.3) is 0 Å². The maximum atomic E-state index is 14.6. The van der Waals surface area contributed by atoms with Crippen molar-refractivity contribution in [2.75, 3.05) is 42.2 Å². The van der Waals surface area contributed by atoms with Crippen molar-refractivity contribution in [3.8, 4) is 0 Å². The SMILES string of the molecule is CSC(=S)NC[C@H]1CN(c2ccc(N3CCCCC3)c(F)c2)C(=O)O1. The summed E-state index contributed by atoms with van der Waals surface area (Å²) >= 11 is 6.51. The predicted molar refractivity (Wildman–Crippen MR) is 104 cm³/mol. The second kappa shape index (κ2) is 8.23. The fourth-order valence-corrected chi connectivity index (χ4v) is 3.47. The smallest absolute Gasteiger partial charge is 0.414 e. The molecule has 0 saturated carbocycles. The molecule has 3 rings (SSSR count). The lowest BCUT2D eigenvalue weighted by Gasteiger charge is -2.29. The lowest BCUT2D eigenvalue weighted by molar-refractivity contribution is 0.143. The van der Waals surface area contributed by atoms with Crippen molar-refractivity contribution in [2.24, 2.45) is 0 Å². The Labute approximate surface area is 156 Å². The number of thioether (sulfide) groups is 1. The van der Waals surface area contributed by atoms with Gasteiger partial charge in [-0.2, -0.15) is 0 Å². The van der Waals surface area contributed by atoms with E-state index in [2.05, 4.69) is 10.2 Å². The molecule has 1 amide bonds. The molecule has 136 valence electrons. The number of nitrogens with one attached hydrogen (secondary N) is 1. The highest BCUT2D eigenvalue weighted by Crippen LogP contribution is 2.29. The van der Waals surface area contributed by atoms with Gasteiger partial charge < -0.3 is 15.0 Å². The number of ether oxygens (including phenoxy) is 1. The second-order valence-electron chi connectivity index (χ2n) is 6.17. The van der Waals surface area contributed by atoms with Crippen molar-refractivity contribution < 1.29 is 13.9 Å². The van der Waals surface area contributed by atoms with Gasteiger partial charge in [0.15, 0.2) is 0 Å². The number of hydrogen-bond donors (Lipinski definition) is 1. The van der Waals surface area contributed by atoms with Crippen LogP contribution < -0.4 is 15.1 Å². The summed E-state index contributed by atoms with van der Waals surface area (Å²) in [5, 5.41) is 3.04. The van der Waals surface area contributed by atoms with E-state index < -0.39 is 6.09 Å².